The Bertz CT molecular complexity index is 202. The van der Waals surface area contributed by atoms with E-state index in [0.717, 1.165) is 6.42 Å². The summed E-state index contributed by atoms with van der Waals surface area (Å²) >= 11 is 0. The van der Waals surface area contributed by atoms with Crippen LogP contribution in [0.2, 0.25) is 0 Å². The van der Waals surface area contributed by atoms with Crippen LogP contribution in [0.15, 0.2) is 0 Å². The van der Waals surface area contributed by atoms with Gasteiger partial charge in [0.05, 0.1) is 24.4 Å². The molecule has 20 heavy (non-hydrogen) atoms. The summed E-state index contributed by atoms with van der Waals surface area (Å²) in [6.45, 7) is 12.8. The van der Waals surface area contributed by atoms with Gasteiger partial charge >= 0.3 is 0 Å². The van der Waals surface area contributed by atoms with Gasteiger partial charge in [-0.05, 0) is 41.0 Å². The lowest BCUT2D eigenvalue weighted by atomic mass is 10.0. The van der Waals surface area contributed by atoms with Crippen molar-refractivity contribution in [3.05, 3.63) is 0 Å². The summed E-state index contributed by atoms with van der Waals surface area (Å²) in [6, 6.07) is 0. The van der Waals surface area contributed by atoms with Crippen molar-refractivity contribution in [2.24, 2.45) is 0 Å². The second-order valence-electron chi connectivity index (χ2n) is 6.52. The zero-order chi connectivity index (χ0) is 15.4. The van der Waals surface area contributed by atoms with Gasteiger partial charge in [-0.25, -0.2) is 0 Å². The van der Waals surface area contributed by atoms with Gasteiger partial charge in [0.2, 0.25) is 0 Å². The van der Waals surface area contributed by atoms with E-state index in [0.29, 0.717) is 0 Å². The van der Waals surface area contributed by atoms with E-state index in [-0.39, 0.29) is 24.4 Å². The summed E-state index contributed by atoms with van der Waals surface area (Å²) in [4.78, 5) is 0. The standard InChI is InChI=1S/C18H38O2/c1-7-8-9-10-11-12-13-14-18(20-16(4)5)17(6)19-15(2)3/h15-18H,7-14H2,1-6H3. The molecule has 0 aromatic rings. The minimum atomic E-state index is 0.192. The first-order valence-electron chi connectivity index (χ1n) is 8.78. The summed E-state index contributed by atoms with van der Waals surface area (Å²) in [5, 5.41) is 0. The highest BCUT2D eigenvalue weighted by Gasteiger charge is 2.20. The summed E-state index contributed by atoms with van der Waals surface area (Å²) in [5.74, 6) is 0. The molecular formula is C18H38O2. The molecular weight excluding hydrogens is 248 g/mol. The van der Waals surface area contributed by atoms with E-state index in [4.69, 9.17) is 9.47 Å². The van der Waals surface area contributed by atoms with E-state index in [9.17, 15) is 0 Å². The van der Waals surface area contributed by atoms with Gasteiger partial charge < -0.3 is 9.47 Å². The highest BCUT2D eigenvalue weighted by Crippen LogP contribution is 2.17. The van der Waals surface area contributed by atoms with E-state index < -0.39 is 0 Å². The lowest BCUT2D eigenvalue weighted by Crippen LogP contribution is -2.33. The van der Waals surface area contributed by atoms with E-state index in [1.165, 1.54) is 44.9 Å². The quantitative estimate of drug-likeness (QED) is 0.402. The van der Waals surface area contributed by atoms with Gasteiger partial charge in [-0.15, -0.1) is 0 Å². The Morgan fingerprint density at radius 1 is 0.650 bits per heavy atom. The van der Waals surface area contributed by atoms with Crippen LogP contribution >= 0.6 is 0 Å². The predicted octanol–water partition coefficient (Wildman–Crippen LogP) is 5.73. The average molecular weight is 287 g/mol. The largest absolute Gasteiger partial charge is 0.373 e. The fraction of sp³-hybridized carbons (Fsp3) is 1.00. The van der Waals surface area contributed by atoms with Crippen LogP contribution in [0.3, 0.4) is 0 Å². The lowest BCUT2D eigenvalue weighted by Gasteiger charge is -2.28. The third kappa shape index (κ3) is 11.7. The van der Waals surface area contributed by atoms with E-state index in [2.05, 4.69) is 41.5 Å². The molecule has 0 saturated carbocycles. The molecule has 0 fully saturated rings. The highest BCUT2D eigenvalue weighted by atomic mass is 16.5. The monoisotopic (exact) mass is 286 g/mol. The van der Waals surface area contributed by atoms with Crippen LogP contribution in [0.1, 0.15) is 92.9 Å². The van der Waals surface area contributed by atoms with Crippen LogP contribution in [0, 0.1) is 0 Å². The van der Waals surface area contributed by atoms with Crippen LogP contribution < -0.4 is 0 Å². The topological polar surface area (TPSA) is 18.5 Å². The molecule has 0 aliphatic carbocycles. The van der Waals surface area contributed by atoms with Gasteiger partial charge in [-0.2, -0.15) is 0 Å². The molecule has 0 radical (unpaired) electrons. The van der Waals surface area contributed by atoms with Gasteiger partial charge in [0, 0.05) is 0 Å². The van der Waals surface area contributed by atoms with Crippen molar-refractivity contribution in [3.8, 4) is 0 Å². The molecule has 0 rings (SSSR count). The van der Waals surface area contributed by atoms with E-state index in [1.54, 1.807) is 0 Å². The van der Waals surface area contributed by atoms with E-state index >= 15 is 0 Å². The van der Waals surface area contributed by atoms with Gasteiger partial charge in [0.15, 0.2) is 0 Å². The molecule has 0 saturated heterocycles. The molecule has 0 aromatic heterocycles. The van der Waals surface area contributed by atoms with Gasteiger partial charge in [-0.3, -0.25) is 0 Å². The van der Waals surface area contributed by atoms with Crippen LogP contribution in [0.4, 0.5) is 0 Å². The molecule has 0 aromatic carbocycles. The second-order valence-corrected chi connectivity index (χ2v) is 6.52. The number of ether oxygens (including phenoxy) is 2. The average Bonchev–Trinajstić information content (AvgIpc) is 2.35. The zero-order valence-electron chi connectivity index (χ0n) is 14.8. The van der Waals surface area contributed by atoms with Gasteiger partial charge in [-0.1, -0.05) is 51.9 Å². The van der Waals surface area contributed by atoms with Crippen molar-refractivity contribution in [3.63, 3.8) is 0 Å². The summed E-state index contributed by atoms with van der Waals surface area (Å²) in [5.41, 5.74) is 0. The smallest absolute Gasteiger partial charge is 0.0837 e. The van der Waals surface area contributed by atoms with Gasteiger partial charge in [0.1, 0.15) is 0 Å². The Balaban J connectivity index is 3.86. The molecule has 2 atom stereocenters. The number of rotatable bonds is 13. The number of hydrogen-bond donors (Lipinski definition) is 0. The molecule has 122 valence electrons. The second kappa shape index (κ2) is 12.6. The van der Waals surface area contributed by atoms with Crippen molar-refractivity contribution in [2.75, 3.05) is 0 Å². The lowest BCUT2D eigenvalue weighted by molar-refractivity contribution is -0.105. The van der Waals surface area contributed by atoms with Crippen molar-refractivity contribution < 1.29 is 9.47 Å². The third-order valence-corrected chi connectivity index (χ3v) is 3.55. The van der Waals surface area contributed by atoms with Crippen LogP contribution in [-0.4, -0.2) is 24.4 Å². The number of hydrogen-bond acceptors (Lipinski definition) is 2. The minimum absolute atomic E-state index is 0.192. The molecule has 0 spiro atoms. The first kappa shape index (κ1) is 19.9. The first-order chi connectivity index (χ1) is 9.47. The molecule has 2 heteroatoms. The normalized spacial score (nSPS) is 15.0. The summed E-state index contributed by atoms with van der Waals surface area (Å²) in [7, 11) is 0. The van der Waals surface area contributed by atoms with Crippen molar-refractivity contribution in [1.82, 2.24) is 0 Å². The Labute approximate surface area is 127 Å². The Kier molecular flexibility index (Phi) is 12.6. The number of unbranched alkanes of at least 4 members (excludes halogenated alkanes) is 6. The maximum absolute atomic E-state index is 6.03. The van der Waals surface area contributed by atoms with Crippen LogP contribution in [0.5, 0.6) is 0 Å². The van der Waals surface area contributed by atoms with Crippen molar-refractivity contribution >= 4 is 0 Å². The molecule has 0 bridgehead atoms. The van der Waals surface area contributed by atoms with Crippen molar-refractivity contribution in [2.45, 2.75) is 117 Å². The first-order valence-corrected chi connectivity index (χ1v) is 8.78. The van der Waals surface area contributed by atoms with Crippen LogP contribution in [0.25, 0.3) is 0 Å². The Morgan fingerprint density at radius 2 is 1.15 bits per heavy atom. The molecule has 0 N–H and O–H groups in total. The predicted molar refractivity (Wildman–Crippen MR) is 88.3 cm³/mol. The summed E-state index contributed by atoms with van der Waals surface area (Å²) < 4.78 is 11.9. The SMILES string of the molecule is CCCCCCCCCC(OC(C)C)C(C)OC(C)C. The maximum Gasteiger partial charge on any atom is 0.0837 e. The molecule has 0 amide bonds. The Hall–Kier alpha value is -0.0800. The van der Waals surface area contributed by atoms with E-state index in [1.807, 2.05) is 0 Å². The molecule has 0 aliphatic rings. The fourth-order valence-electron chi connectivity index (χ4n) is 2.58. The molecule has 0 heterocycles. The maximum atomic E-state index is 6.03. The zero-order valence-corrected chi connectivity index (χ0v) is 14.8. The fourth-order valence-corrected chi connectivity index (χ4v) is 2.58. The summed E-state index contributed by atoms with van der Waals surface area (Å²) in [6.07, 6.45) is 11.6. The highest BCUT2D eigenvalue weighted by molar-refractivity contribution is 4.69. The molecule has 2 nitrogen and oxygen atoms in total. The molecule has 0 aliphatic heterocycles. The van der Waals surface area contributed by atoms with Crippen LogP contribution in [-0.2, 0) is 9.47 Å². The van der Waals surface area contributed by atoms with Gasteiger partial charge in [0.25, 0.3) is 0 Å². The third-order valence-electron chi connectivity index (χ3n) is 3.55. The minimum Gasteiger partial charge on any atom is -0.373 e. The Morgan fingerprint density at radius 3 is 1.65 bits per heavy atom. The molecule has 2 unspecified atom stereocenters. The van der Waals surface area contributed by atoms with Crippen molar-refractivity contribution in [1.29, 1.82) is 0 Å².